The van der Waals surface area contributed by atoms with Crippen LogP contribution in [0.1, 0.15) is 0 Å². The molecule has 3 aromatic carbocycles. The summed E-state index contributed by atoms with van der Waals surface area (Å²) in [7, 11) is 0. The monoisotopic (exact) mass is 416 g/mol. The van der Waals surface area contributed by atoms with E-state index in [2.05, 4.69) is 78.9 Å². The molecule has 0 aliphatic carbocycles. The molecule has 0 fully saturated rings. The summed E-state index contributed by atoms with van der Waals surface area (Å²) in [6.45, 7) is 0. The Kier molecular flexibility index (Phi) is 3.05. The van der Waals surface area contributed by atoms with Gasteiger partial charge in [-0.05, 0) is 0 Å². The molecule has 0 nitrogen and oxygen atoms in total. The van der Waals surface area contributed by atoms with Crippen molar-refractivity contribution >= 4 is 70.6 Å². The molecule has 0 radical (unpaired) electrons. The molecule has 3 heterocycles. The van der Waals surface area contributed by atoms with Crippen molar-refractivity contribution in [2.45, 2.75) is 0 Å². The SMILES string of the molecule is c1ccc([As]2c3c(sc4ccccc34)-c3sc4ccccc4c32)cc1. The molecule has 0 unspecified atom stereocenters. The van der Waals surface area contributed by atoms with Gasteiger partial charge in [0.25, 0.3) is 0 Å². The number of rotatable bonds is 1. The normalized spacial score (nSPS) is 13.4. The topological polar surface area (TPSA) is 0 Å². The number of hydrogen-bond donors (Lipinski definition) is 0. The van der Waals surface area contributed by atoms with Crippen molar-refractivity contribution in [3.63, 3.8) is 0 Å². The van der Waals surface area contributed by atoms with Crippen molar-refractivity contribution < 1.29 is 0 Å². The molecular formula is C22H13AsS2. The predicted octanol–water partition coefficient (Wildman–Crippen LogP) is 4.61. The van der Waals surface area contributed by atoms with E-state index in [1.54, 1.807) is 22.8 Å². The molecule has 6 rings (SSSR count). The minimum absolute atomic E-state index is 1.44. The van der Waals surface area contributed by atoms with Crippen molar-refractivity contribution in [1.29, 1.82) is 0 Å². The van der Waals surface area contributed by atoms with E-state index in [-0.39, 0.29) is 0 Å². The molecule has 2 aromatic heterocycles. The zero-order chi connectivity index (χ0) is 16.4. The summed E-state index contributed by atoms with van der Waals surface area (Å²) in [5.41, 5.74) is 0. The standard InChI is InChI=1S/C22H13AsS2/c1-2-8-14(9-3-1)23-19-15-10-4-6-12-17(15)24-21(19)22-20(23)16-11-5-7-13-18(16)25-22/h1-13H. The quantitative estimate of drug-likeness (QED) is 0.344. The molecule has 1 aliphatic heterocycles. The Morgan fingerprint density at radius 2 is 1.00 bits per heavy atom. The summed E-state index contributed by atoms with van der Waals surface area (Å²) >= 11 is 2.47. The van der Waals surface area contributed by atoms with Gasteiger partial charge in [-0.1, -0.05) is 0 Å². The maximum absolute atomic E-state index is 2.34. The molecule has 0 saturated carbocycles. The summed E-state index contributed by atoms with van der Waals surface area (Å²) in [5, 5.41) is 2.97. The molecule has 0 atom stereocenters. The fraction of sp³-hybridized carbons (Fsp3) is 0. The molecule has 0 spiro atoms. The summed E-state index contributed by atoms with van der Waals surface area (Å²) in [5.74, 6) is 0. The number of thiophene rings is 2. The molecule has 0 bridgehead atoms. The van der Waals surface area contributed by atoms with Crippen molar-refractivity contribution in [1.82, 2.24) is 0 Å². The molecule has 0 saturated heterocycles. The van der Waals surface area contributed by atoms with Gasteiger partial charge in [0.2, 0.25) is 0 Å². The zero-order valence-electron chi connectivity index (χ0n) is 13.3. The van der Waals surface area contributed by atoms with Crippen LogP contribution in [0.3, 0.4) is 0 Å². The predicted molar refractivity (Wildman–Crippen MR) is 114 cm³/mol. The van der Waals surface area contributed by atoms with Gasteiger partial charge in [0, 0.05) is 0 Å². The maximum atomic E-state index is 2.34. The van der Waals surface area contributed by atoms with E-state index in [9.17, 15) is 0 Å². The van der Waals surface area contributed by atoms with Crippen LogP contribution in [0.5, 0.6) is 0 Å². The average molecular weight is 416 g/mol. The number of fused-ring (bicyclic) bond motifs is 7. The van der Waals surface area contributed by atoms with E-state index >= 15 is 0 Å². The van der Waals surface area contributed by atoms with Crippen LogP contribution in [0.15, 0.2) is 78.9 Å². The fourth-order valence-electron chi connectivity index (χ4n) is 3.76. The Labute approximate surface area is 158 Å². The molecule has 0 N–H and O–H groups in total. The van der Waals surface area contributed by atoms with Gasteiger partial charge < -0.3 is 0 Å². The first-order chi connectivity index (χ1) is 12.4. The molecule has 5 aromatic rings. The fourth-order valence-corrected chi connectivity index (χ4v) is 14.0. The van der Waals surface area contributed by atoms with Crippen LogP contribution in [-0.2, 0) is 0 Å². The molecule has 25 heavy (non-hydrogen) atoms. The first-order valence-electron chi connectivity index (χ1n) is 8.30. The first kappa shape index (κ1) is 14.3. The van der Waals surface area contributed by atoms with Crippen LogP contribution in [0.25, 0.3) is 29.9 Å². The Morgan fingerprint density at radius 3 is 1.56 bits per heavy atom. The van der Waals surface area contributed by atoms with Crippen LogP contribution < -0.4 is 13.1 Å². The van der Waals surface area contributed by atoms with E-state index in [0.29, 0.717) is 0 Å². The van der Waals surface area contributed by atoms with Gasteiger partial charge in [-0.15, -0.1) is 0 Å². The summed E-state index contributed by atoms with van der Waals surface area (Å²) in [6, 6.07) is 29.2. The Bertz CT molecular complexity index is 1170. The van der Waals surface area contributed by atoms with Crippen molar-refractivity contribution in [2.75, 3.05) is 0 Å². The van der Waals surface area contributed by atoms with Crippen LogP contribution in [-0.4, -0.2) is 14.7 Å². The second kappa shape index (κ2) is 5.32. The third-order valence-corrected chi connectivity index (χ3v) is 13.5. The van der Waals surface area contributed by atoms with Crippen LogP contribution in [0, 0.1) is 0 Å². The second-order valence-electron chi connectivity index (χ2n) is 6.22. The third kappa shape index (κ3) is 1.93. The summed E-state index contributed by atoms with van der Waals surface area (Å²) < 4.78 is 7.73. The molecule has 3 heteroatoms. The molecule has 118 valence electrons. The average Bonchev–Trinajstić information content (AvgIpc) is 3.30. The van der Waals surface area contributed by atoms with Crippen LogP contribution in [0.2, 0.25) is 0 Å². The second-order valence-corrected chi connectivity index (χ2v) is 12.7. The van der Waals surface area contributed by atoms with E-state index in [0.717, 1.165) is 0 Å². The first-order valence-corrected chi connectivity index (χ1v) is 12.8. The van der Waals surface area contributed by atoms with Crippen LogP contribution >= 0.6 is 22.7 Å². The van der Waals surface area contributed by atoms with Crippen molar-refractivity contribution in [2.24, 2.45) is 0 Å². The van der Waals surface area contributed by atoms with Gasteiger partial charge in [0.05, 0.1) is 0 Å². The summed E-state index contributed by atoms with van der Waals surface area (Å²) in [6.07, 6.45) is 0. The number of hydrogen-bond acceptors (Lipinski definition) is 2. The molecule has 0 amide bonds. The zero-order valence-corrected chi connectivity index (χ0v) is 16.8. The van der Waals surface area contributed by atoms with E-state index in [1.165, 1.54) is 20.2 Å². The van der Waals surface area contributed by atoms with Gasteiger partial charge in [0.1, 0.15) is 0 Å². The van der Waals surface area contributed by atoms with Gasteiger partial charge in [-0.2, -0.15) is 0 Å². The summed E-state index contributed by atoms with van der Waals surface area (Å²) in [4.78, 5) is 3.09. The van der Waals surface area contributed by atoms with E-state index in [4.69, 9.17) is 0 Å². The Balaban J connectivity index is 1.78. The van der Waals surface area contributed by atoms with E-state index < -0.39 is 14.7 Å². The molecular weight excluding hydrogens is 403 g/mol. The molecule has 1 aliphatic rings. The Morgan fingerprint density at radius 1 is 0.520 bits per heavy atom. The third-order valence-electron chi connectivity index (χ3n) is 4.81. The van der Waals surface area contributed by atoms with Gasteiger partial charge in [-0.3, -0.25) is 0 Å². The van der Waals surface area contributed by atoms with Crippen molar-refractivity contribution in [3.8, 4) is 9.75 Å². The van der Waals surface area contributed by atoms with Gasteiger partial charge in [-0.25, -0.2) is 0 Å². The van der Waals surface area contributed by atoms with E-state index in [1.807, 2.05) is 22.7 Å². The van der Waals surface area contributed by atoms with Crippen molar-refractivity contribution in [3.05, 3.63) is 78.9 Å². The van der Waals surface area contributed by atoms with Gasteiger partial charge >= 0.3 is 159 Å². The van der Waals surface area contributed by atoms with Crippen LogP contribution in [0.4, 0.5) is 0 Å². The minimum atomic E-state index is -1.50. The Hall–Kier alpha value is -1.86. The number of benzene rings is 3. The van der Waals surface area contributed by atoms with Gasteiger partial charge in [0.15, 0.2) is 0 Å².